The number of hydrogen-bond acceptors (Lipinski definition) is 8. The maximum Gasteiger partial charge on any atom is 0.249 e. The monoisotopic (exact) mass is 459 g/mol. The van der Waals surface area contributed by atoms with Crippen LogP contribution >= 0.6 is 7.14 Å². The van der Waals surface area contributed by atoms with Gasteiger partial charge in [-0.15, -0.1) is 10.2 Å². The molecular weight excluding hydrogens is 433 g/mol. The van der Waals surface area contributed by atoms with Crippen LogP contribution in [0.5, 0.6) is 0 Å². The van der Waals surface area contributed by atoms with Gasteiger partial charge in [-0.25, -0.2) is 8.42 Å². The molecule has 0 aliphatic heterocycles. The summed E-state index contributed by atoms with van der Waals surface area (Å²) in [6.45, 7) is 8.47. The maximum atomic E-state index is 12.7. The Morgan fingerprint density at radius 1 is 0.935 bits per heavy atom. The minimum absolute atomic E-state index is 0.205. The highest BCUT2D eigenvalue weighted by molar-refractivity contribution is 7.92. The van der Waals surface area contributed by atoms with Crippen LogP contribution in [-0.2, 0) is 14.4 Å². The van der Waals surface area contributed by atoms with E-state index in [-0.39, 0.29) is 10.8 Å². The number of benzene rings is 2. The first-order chi connectivity index (χ1) is 14.5. The number of sulfone groups is 1. The van der Waals surface area contributed by atoms with E-state index in [1.165, 1.54) is 0 Å². The van der Waals surface area contributed by atoms with Gasteiger partial charge in [0.15, 0.2) is 15.7 Å². The number of hydrogen-bond donors (Lipinski definition) is 2. The summed E-state index contributed by atoms with van der Waals surface area (Å²) in [6, 6.07) is 13.9. The Balaban J connectivity index is 1.89. The quantitative estimate of drug-likeness (QED) is 0.508. The molecule has 10 heteroatoms. The maximum absolute atomic E-state index is 12.7. The molecule has 0 aliphatic carbocycles. The van der Waals surface area contributed by atoms with E-state index in [0.717, 1.165) is 11.0 Å². The summed E-state index contributed by atoms with van der Waals surface area (Å²) in [4.78, 5) is 4.66. The van der Waals surface area contributed by atoms with Gasteiger partial charge in [-0.05, 0) is 70.5 Å². The summed E-state index contributed by atoms with van der Waals surface area (Å²) in [5, 5.41) is 14.6. The average Bonchev–Trinajstić information content (AvgIpc) is 2.70. The normalized spacial score (nSPS) is 12.1. The van der Waals surface area contributed by atoms with Crippen LogP contribution in [0.25, 0.3) is 0 Å². The van der Waals surface area contributed by atoms with Gasteiger partial charge in [0.2, 0.25) is 5.95 Å². The molecule has 2 aromatic carbocycles. The lowest BCUT2D eigenvalue weighted by molar-refractivity contribution is 0.587. The molecule has 0 unspecified atom stereocenters. The third-order valence-electron chi connectivity index (χ3n) is 4.67. The molecule has 0 saturated carbocycles. The molecule has 164 valence electrons. The topological polar surface area (TPSA) is 114 Å². The Kier molecular flexibility index (Phi) is 6.48. The van der Waals surface area contributed by atoms with E-state index < -0.39 is 22.2 Å². The van der Waals surface area contributed by atoms with E-state index in [0.29, 0.717) is 17.2 Å². The van der Waals surface area contributed by atoms with Crippen molar-refractivity contribution in [1.82, 2.24) is 15.2 Å². The van der Waals surface area contributed by atoms with E-state index in [2.05, 4.69) is 25.8 Å². The Bertz CT molecular complexity index is 1240. The van der Waals surface area contributed by atoms with Crippen LogP contribution < -0.4 is 15.9 Å². The van der Waals surface area contributed by atoms with Crippen LogP contribution in [0.2, 0.25) is 0 Å². The standard InChI is InChI=1S/C21H26N5O3PS/c1-14(2)31(28,29)19-9-7-6-8-18(19)23-20-15(3)25-26-21(24-20)22-16-10-12-17(13-11-16)30(4,5)27/h6-14H,1-5H3,(H2,22,23,24,26). The highest BCUT2D eigenvalue weighted by Gasteiger charge is 2.23. The van der Waals surface area contributed by atoms with Crippen LogP contribution in [0.15, 0.2) is 53.4 Å². The first kappa shape index (κ1) is 22.9. The zero-order valence-corrected chi connectivity index (χ0v) is 19.8. The zero-order valence-electron chi connectivity index (χ0n) is 18.1. The third kappa shape index (κ3) is 5.29. The van der Waals surface area contributed by atoms with Crippen LogP contribution in [0.3, 0.4) is 0 Å². The molecule has 0 fully saturated rings. The highest BCUT2D eigenvalue weighted by atomic mass is 32.2. The van der Waals surface area contributed by atoms with Crippen molar-refractivity contribution in [2.45, 2.75) is 30.9 Å². The summed E-state index contributed by atoms with van der Waals surface area (Å²) in [7, 11) is -5.81. The SMILES string of the molecule is Cc1nnc(Nc2ccc(P(C)(C)=O)cc2)nc1Nc1ccccc1S(=O)(=O)C(C)C. The van der Waals surface area contributed by atoms with Crippen LogP contribution in [0.4, 0.5) is 23.1 Å². The van der Waals surface area contributed by atoms with Crippen molar-refractivity contribution in [3.05, 3.63) is 54.2 Å². The Labute approximate surface area is 182 Å². The molecular formula is C21H26N5O3PS. The number of anilines is 4. The molecule has 8 nitrogen and oxygen atoms in total. The predicted molar refractivity (Wildman–Crippen MR) is 125 cm³/mol. The predicted octanol–water partition coefficient (Wildman–Crippen LogP) is 4.10. The summed E-state index contributed by atoms with van der Waals surface area (Å²) in [5.74, 6) is 0.647. The Hall–Kier alpha value is -2.77. The van der Waals surface area contributed by atoms with Gasteiger partial charge >= 0.3 is 0 Å². The first-order valence-corrected chi connectivity index (χ1v) is 13.9. The van der Waals surface area contributed by atoms with Crippen molar-refractivity contribution < 1.29 is 13.0 Å². The Morgan fingerprint density at radius 2 is 1.58 bits per heavy atom. The molecule has 0 atom stereocenters. The lowest BCUT2D eigenvalue weighted by atomic mass is 10.3. The molecule has 3 aromatic rings. The van der Waals surface area contributed by atoms with E-state index in [1.807, 2.05) is 0 Å². The van der Waals surface area contributed by atoms with Crippen molar-refractivity contribution in [1.29, 1.82) is 0 Å². The fourth-order valence-corrected chi connectivity index (χ4v) is 4.85. The van der Waals surface area contributed by atoms with Gasteiger partial charge in [0.25, 0.3) is 0 Å². The van der Waals surface area contributed by atoms with Crippen molar-refractivity contribution in [3.63, 3.8) is 0 Å². The number of nitrogens with one attached hydrogen (secondary N) is 2. The van der Waals surface area contributed by atoms with E-state index >= 15 is 0 Å². The molecule has 2 N–H and O–H groups in total. The molecule has 0 amide bonds. The van der Waals surface area contributed by atoms with Crippen molar-refractivity contribution in [2.24, 2.45) is 0 Å². The number of para-hydroxylation sites is 1. The van der Waals surface area contributed by atoms with Crippen molar-refractivity contribution in [3.8, 4) is 0 Å². The molecule has 31 heavy (non-hydrogen) atoms. The van der Waals surface area contributed by atoms with Gasteiger partial charge in [0, 0.05) is 11.0 Å². The lowest BCUT2D eigenvalue weighted by Crippen LogP contribution is -2.16. The molecule has 0 saturated heterocycles. The second-order valence-electron chi connectivity index (χ2n) is 7.81. The molecule has 1 aromatic heterocycles. The smallest absolute Gasteiger partial charge is 0.249 e. The minimum atomic E-state index is -3.48. The highest BCUT2D eigenvalue weighted by Crippen LogP contribution is 2.34. The molecule has 0 aliphatic rings. The molecule has 0 bridgehead atoms. The molecule has 0 spiro atoms. The number of rotatable bonds is 7. The van der Waals surface area contributed by atoms with Gasteiger partial charge in [0.1, 0.15) is 12.8 Å². The fraction of sp³-hybridized carbons (Fsp3) is 0.286. The average molecular weight is 460 g/mol. The second-order valence-corrected chi connectivity index (χ2v) is 13.5. The minimum Gasteiger partial charge on any atom is -0.337 e. The first-order valence-electron chi connectivity index (χ1n) is 9.72. The molecule has 0 radical (unpaired) electrons. The molecule has 1 heterocycles. The Morgan fingerprint density at radius 3 is 2.19 bits per heavy atom. The van der Waals surface area contributed by atoms with Crippen LogP contribution in [-0.4, -0.2) is 42.2 Å². The second kappa shape index (κ2) is 8.77. The number of nitrogens with zero attached hydrogens (tertiary/aromatic N) is 3. The van der Waals surface area contributed by atoms with Crippen LogP contribution in [0.1, 0.15) is 19.5 Å². The summed E-state index contributed by atoms with van der Waals surface area (Å²) in [6.07, 6.45) is 0. The number of aryl methyl sites for hydroxylation is 1. The van der Waals surface area contributed by atoms with E-state index in [1.54, 1.807) is 82.6 Å². The van der Waals surface area contributed by atoms with E-state index in [4.69, 9.17) is 0 Å². The third-order valence-corrected chi connectivity index (χ3v) is 8.42. The fourth-order valence-electron chi connectivity index (χ4n) is 2.78. The van der Waals surface area contributed by atoms with Gasteiger partial charge in [-0.3, -0.25) is 0 Å². The zero-order chi connectivity index (χ0) is 22.8. The van der Waals surface area contributed by atoms with Crippen LogP contribution in [0, 0.1) is 6.92 Å². The largest absolute Gasteiger partial charge is 0.337 e. The van der Waals surface area contributed by atoms with Gasteiger partial charge in [-0.2, -0.15) is 4.98 Å². The van der Waals surface area contributed by atoms with Gasteiger partial charge < -0.3 is 15.2 Å². The van der Waals surface area contributed by atoms with Crippen molar-refractivity contribution in [2.75, 3.05) is 24.0 Å². The summed E-state index contributed by atoms with van der Waals surface area (Å²) < 4.78 is 37.6. The molecule has 3 rings (SSSR count). The summed E-state index contributed by atoms with van der Waals surface area (Å²) >= 11 is 0. The number of aromatic nitrogens is 3. The van der Waals surface area contributed by atoms with Crippen molar-refractivity contribution >= 4 is 45.4 Å². The van der Waals surface area contributed by atoms with E-state index in [9.17, 15) is 13.0 Å². The van der Waals surface area contributed by atoms with Gasteiger partial charge in [0.05, 0.1) is 15.8 Å². The lowest BCUT2D eigenvalue weighted by Gasteiger charge is -2.15. The summed E-state index contributed by atoms with van der Waals surface area (Å²) in [5.41, 5.74) is 1.67. The van der Waals surface area contributed by atoms with Gasteiger partial charge in [-0.1, -0.05) is 12.1 Å².